The van der Waals surface area contributed by atoms with Crippen LogP contribution in [-0.2, 0) is 4.79 Å². The lowest BCUT2D eigenvalue weighted by molar-refractivity contribution is -0.297. The van der Waals surface area contributed by atoms with Crippen molar-refractivity contribution in [1.29, 1.82) is 0 Å². The standard InChI is InChI=1S/C10H10O3/c1-8(7-10(11)12)4-5-9-3-2-6-13-9/h2-7H,1H3,(H,11,12)/p-1/b5-4+,8-7+. The molecule has 1 aromatic rings. The van der Waals surface area contributed by atoms with Gasteiger partial charge in [-0.2, -0.15) is 0 Å². The highest BCUT2D eigenvalue weighted by molar-refractivity contribution is 5.79. The Hall–Kier alpha value is -1.77. The van der Waals surface area contributed by atoms with Gasteiger partial charge in [-0.15, -0.1) is 0 Å². The lowest BCUT2D eigenvalue weighted by Gasteiger charge is -1.93. The molecule has 68 valence electrons. The summed E-state index contributed by atoms with van der Waals surface area (Å²) in [5, 5.41) is 10.1. The van der Waals surface area contributed by atoms with E-state index in [2.05, 4.69) is 0 Å². The molecule has 0 aliphatic heterocycles. The van der Waals surface area contributed by atoms with Crippen LogP contribution in [0.25, 0.3) is 6.08 Å². The summed E-state index contributed by atoms with van der Waals surface area (Å²) in [6.45, 7) is 1.68. The van der Waals surface area contributed by atoms with E-state index in [0.29, 0.717) is 11.3 Å². The van der Waals surface area contributed by atoms with Crippen molar-refractivity contribution in [3.63, 3.8) is 0 Å². The van der Waals surface area contributed by atoms with Gasteiger partial charge in [-0.05, 0) is 36.8 Å². The number of furan rings is 1. The topological polar surface area (TPSA) is 53.3 Å². The lowest BCUT2D eigenvalue weighted by Crippen LogP contribution is -2.19. The molecule has 0 aliphatic carbocycles. The number of carbonyl (C=O) groups excluding carboxylic acids is 1. The van der Waals surface area contributed by atoms with E-state index in [4.69, 9.17) is 4.42 Å². The number of aliphatic carboxylic acids is 1. The third-order valence-corrected chi connectivity index (χ3v) is 1.40. The Morgan fingerprint density at radius 3 is 2.92 bits per heavy atom. The minimum atomic E-state index is -1.19. The summed E-state index contributed by atoms with van der Waals surface area (Å²) in [6, 6.07) is 3.54. The summed E-state index contributed by atoms with van der Waals surface area (Å²) in [7, 11) is 0. The summed E-state index contributed by atoms with van der Waals surface area (Å²) in [4.78, 5) is 10.1. The minimum absolute atomic E-state index is 0.608. The summed E-state index contributed by atoms with van der Waals surface area (Å²) < 4.78 is 5.01. The van der Waals surface area contributed by atoms with Crippen LogP contribution in [0.5, 0.6) is 0 Å². The Kier molecular flexibility index (Phi) is 3.09. The van der Waals surface area contributed by atoms with Crippen molar-refractivity contribution in [1.82, 2.24) is 0 Å². The van der Waals surface area contributed by atoms with Gasteiger partial charge in [-0.25, -0.2) is 0 Å². The molecular weight excluding hydrogens is 168 g/mol. The average molecular weight is 177 g/mol. The smallest absolute Gasteiger partial charge is 0.126 e. The van der Waals surface area contributed by atoms with E-state index in [-0.39, 0.29) is 0 Å². The molecule has 0 aliphatic rings. The van der Waals surface area contributed by atoms with E-state index >= 15 is 0 Å². The molecule has 0 unspecified atom stereocenters. The highest BCUT2D eigenvalue weighted by atomic mass is 16.4. The molecule has 13 heavy (non-hydrogen) atoms. The number of carbonyl (C=O) groups is 1. The molecule has 0 amide bonds. The second-order valence-electron chi connectivity index (χ2n) is 2.56. The van der Waals surface area contributed by atoms with Gasteiger partial charge < -0.3 is 14.3 Å². The molecule has 1 aromatic heterocycles. The van der Waals surface area contributed by atoms with Crippen LogP contribution in [0.4, 0.5) is 0 Å². The van der Waals surface area contributed by atoms with E-state index in [0.717, 1.165) is 6.08 Å². The van der Waals surface area contributed by atoms with Crippen molar-refractivity contribution >= 4 is 12.0 Å². The minimum Gasteiger partial charge on any atom is -0.545 e. The second-order valence-corrected chi connectivity index (χ2v) is 2.56. The number of allylic oxidation sites excluding steroid dienone is 2. The van der Waals surface area contributed by atoms with Crippen LogP contribution in [-0.4, -0.2) is 5.97 Å². The molecule has 1 rings (SSSR count). The molecule has 0 aromatic carbocycles. The maximum Gasteiger partial charge on any atom is 0.126 e. The maximum absolute atomic E-state index is 10.1. The molecule has 0 saturated heterocycles. The van der Waals surface area contributed by atoms with Gasteiger partial charge in [0.2, 0.25) is 0 Å². The number of rotatable bonds is 3. The fourth-order valence-electron chi connectivity index (χ4n) is 0.834. The Balaban J connectivity index is 2.64. The van der Waals surface area contributed by atoms with E-state index in [1.165, 1.54) is 0 Å². The number of carboxylic acids is 1. The molecular formula is C10H9O3-. The summed E-state index contributed by atoms with van der Waals surface area (Å²) in [6.07, 6.45) is 5.92. The Bertz CT molecular complexity index is 331. The third-order valence-electron chi connectivity index (χ3n) is 1.40. The molecule has 1 heterocycles. The quantitative estimate of drug-likeness (QED) is 0.511. The SMILES string of the molecule is CC(/C=C/c1ccco1)=C\C(=O)[O-]. The van der Waals surface area contributed by atoms with Crippen molar-refractivity contribution in [2.24, 2.45) is 0 Å². The maximum atomic E-state index is 10.1. The van der Waals surface area contributed by atoms with Crippen LogP contribution in [0.3, 0.4) is 0 Å². The first-order valence-corrected chi connectivity index (χ1v) is 3.79. The second kappa shape index (κ2) is 4.30. The van der Waals surface area contributed by atoms with E-state index < -0.39 is 5.97 Å². The summed E-state index contributed by atoms with van der Waals surface area (Å²) in [5.41, 5.74) is 0.608. The highest BCUT2D eigenvalue weighted by Gasteiger charge is 1.87. The van der Waals surface area contributed by atoms with Crippen LogP contribution < -0.4 is 5.11 Å². The Labute approximate surface area is 76.0 Å². The van der Waals surface area contributed by atoms with Crippen LogP contribution in [0.2, 0.25) is 0 Å². The van der Waals surface area contributed by atoms with Crippen molar-refractivity contribution in [2.45, 2.75) is 6.92 Å². The molecule has 0 spiro atoms. The van der Waals surface area contributed by atoms with Crippen LogP contribution >= 0.6 is 0 Å². The molecule has 0 saturated carbocycles. The lowest BCUT2D eigenvalue weighted by atomic mass is 10.2. The largest absolute Gasteiger partial charge is 0.545 e. The average Bonchev–Trinajstić information content (AvgIpc) is 2.51. The molecule has 3 heteroatoms. The molecule has 0 fully saturated rings. The predicted octanol–water partition coefficient (Wildman–Crippen LogP) is 0.989. The number of hydrogen-bond acceptors (Lipinski definition) is 3. The normalized spacial score (nSPS) is 12.2. The zero-order valence-electron chi connectivity index (χ0n) is 7.19. The third kappa shape index (κ3) is 3.42. The first kappa shape index (κ1) is 9.32. The molecule has 0 bridgehead atoms. The van der Waals surface area contributed by atoms with Crippen molar-refractivity contribution in [3.05, 3.63) is 41.9 Å². The van der Waals surface area contributed by atoms with Gasteiger partial charge in [0.25, 0.3) is 0 Å². The zero-order chi connectivity index (χ0) is 9.68. The predicted molar refractivity (Wildman–Crippen MR) is 46.5 cm³/mol. The van der Waals surface area contributed by atoms with Gasteiger partial charge >= 0.3 is 0 Å². The Morgan fingerprint density at radius 1 is 1.62 bits per heavy atom. The monoisotopic (exact) mass is 177 g/mol. The van der Waals surface area contributed by atoms with Crippen molar-refractivity contribution in [3.8, 4) is 0 Å². The van der Waals surface area contributed by atoms with E-state index in [1.807, 2.05) is 0 Å². The van der Waals surface area contributed by atoms with Gasteiger partial charge in [-0.1, -0.05) is 6.08 Å². The van der Waals surface area contributed by atoms with Crippen LogP contribution in [0, 0.1) is 0 Å². The van der Waals surface area contributed by atoms with Crippen molar-refractivity contribution in [2.75, 3.05) is 0 Å². The van der Waals surface area contributed by atoms with Crippen molar-refractivity contribution < 1.29 is 14.3 Å². The van der Waals surface area contributed by atoms with Gasteiger partial charge in [0.15, 0.2) is 0 Å². The Morgan fingerprint density at radius 2 is 2.38 bits per heavy atom. The number of carboxylic acid groups (broad SMARTS) is 1. The van der Waals surface area contributed by atoms with Gasteiger partial charge in [-0.3, -0.25) is 0 Å². The van der Waals surface area contributed by atoms with E-state index in [9.17, 15) is 9.90 Å². The zero-order valence-corrected chi connectivity index (χ0v) is 7.19. The fraction of sp³-hybridized carbons (Fsp3) is 0.100. The van der Waals surface area contributed by atoms with Gasteiger partial charge in [0.05, 0.1) is 12.2 Å². The van der Waals surface area contributed by atoms with Crippen LogP contribution in [0.1, 0.15) is 12.7 Å². The fourth-order valence-corrected chi connectivity index (χ4v) is 0.834. The van der Waals surface area contributed by atoms with Gasteiger partial charge in [0, 0.05) is 0 Å². The molecule has 0 N–H and O–H groups in total. The first-order chi connectivity index (χ1) is 6.18. The number of hydrogen-bond donors (Lipinski definition) is 0. The summed E-state index contributed by atoms with van der Waals surface area (Å²) in [5.74, 6) is -0.507. The highest BCUT2D eigenvalue weighted by Crippen LogP contribution is 2.04. The first-order valence-electron chi connectivity index (χ1n) is 3.79. The molecule has 3 nitrogen and oxygen atoms in total. The molecule has 0 radical (unpaired) electrons. The van der Waals surface area contributed by atoms with Crippen LogP contribution in [0.15, 0.2) is 40.5 Å². The van der Waals surface area contributed by atoms with E-state index in [1.54, 1.807) is 37.5 Å². The van der Waals surface area contributed by atoms with Gasteiger partial charge in [0.1, 0.15) is 5.76 Å². The molecule has 0 atom stereocenters. The summed E-state index contributed by atoms with van der Waals surface area (Å²) >= 11 is 0.